The molecule has 0 unspecified atom stereocenters. The van der Waals surface area contributed by atoms with Crippen LogP contribution in [0.15, 0.2) is 42.7 Å². The van der Waals surface area contributed by atoms with Crippen molar-refractivity contribution in [1.82, 2.24) is 9.97 Å². The van der Waals surface area contributed by atoms with Crippen LogP contribution in [0.4, 0.5) is 0 Å². The molecule has 0 radical (unpaired) electrons. The number of benzene rings is 1. The second-order valence-electron chi connectivity index (χ2n) is 3.67. The zero-order valence-corrected chi connectivity index (χ0v) is 8.59. The van der Waals surface area contributed by atoms with E-state index in [1.54, 1.807) is 12.4 Å². The van der Waals surface area contributed by atoms with Crippen LogP contribution < -0.4 is 0 Å². The molecule has 0 atom stereocenters. The summed E-state index contributed by atoms with van der Waals surface area (Å²) in [5.41, 5.74) is 2.62. The van der Waals surface area contributed by atoms with Crippen molar-refractivity contribution in [3.05, 3.63) is 48.3 Å². The number of aliphatic hydroxyl groups is 1. The van der Waals surface area contributed by atoms with E-state index in [0.29, 0.717) is 0 Å². The Labute approximate surface area is 92.4 Å². The molecule has 0 fully saturated rings. The number of fused-ring (bicyclic) bond motifs is 3. The number of aromatic nitrogens is 2. The van der Waals surface area contributed by atoms with E-state index in [9.17, 15) is 5.11 Å². The van der Waals surface area contributed by atoms with Gasteiger partial charge in [-0.25, -0.2) is 0 Å². The molecule has 3 aromatic rings. The number of pyridine rings is 2. The van der Waals surface area contributed by atoms with E-state index in [-0.39, 0.29) is 6.61 Å². The summed E-state index contributed by atoms with van der Waals surface area (Å²) in [5.74, 6) is 0. The van der Waals surface area contributed by atoms with E-state index < -0.39 is 0 Å². The highest BCUT2D eigenvalue weighted by atomic mass is 16.3. The average molecular weight is 210 g/mol. The van der Waals surface area contributed by atoms with Crippen molar-refractivity contribution in [3.63, 3.8) is 0 Å². The van der Waals surface area contributed by atoms with E-state index in [2.05, 4.69) is 9.97 Å². The van der Waals surface area contributed by atoms with Crippen LogP contribution in [0.5, 0.6) is 0 Å². The van der Waals surface area contributed by atoms with Gasteiger partial charge >= 0.3 is 0 Å². The molecular formula is C13H10N2O. The van der Waals surface area contributed by atoms with Gasteiger partial charge in [0.15, 0.2) is 0 Å². The Hall–Kier alpha value is -2.00. The van der Waals surface area contributed by atoms with Crippen LogP contribution >= 0.6 is 0 Å². The monoisotopic (exact) mass is 210 g/mol. The lowest BCUT2D eigenvalue weighted by atomic mass is 10.1. The summed E-state index contributed by atoms with van der Waals surface area (Å²) in [4.78, 5) is 8.68. The summed E-state index contributed by atoms with van der Waals surface area (Å²) < 4.78 is 0. The Bertz CT molecular complexity index is 664. The molecular weight excluding hydrogens is 200 g/mol. The molecule has 3 nitrogen and oxygen atoms in total. The van der Waals surface area contributed by atoms with E-state index in [0.717, 1.165) is 27.4 Å². The minimum absolute atomic E-state index is 0.0252. The Kier molecular flexibility index (Phi) is 2.04. The minimum atomic E-state index is 0.0252. The molecule has 0 spiro atoms. The summed E-state index contributed by atoms with van der Waals surface area (Å²) in [6.45, 7) is 0.0252. The first-order chi connectivity index (χ1) is 7.90. The van der Waals surface area contributed by atoms with Crippen LogP contribution in [0.3, 0.4) is 0 Å². The summed E-state index contributed by atoms with van der Waals surface area (Å²) in [5, 5.41) is 11.3. The van der Waals surface area contributed by atoms with Crippen molar-refractivity contribution >= 4 is 21.8 Å². The molecule has 2 heterocycles. The molecule has 0 bridgehead atoms. The SMILES string of the molecule is OCc1ccnc2c1ccc1cccnc12. The second kappa shape index (κ2) is 3.54. The summed E-state index contributed by atoms with van der Waals surface area (Å²) in [6, 6.07) is 9.74. The second-order valence-corrected chi connectivity index (χ2v) is 3.67. The molecule has 16 heavy (non-hydrogen) atoms. The standard InChI is InChI=1S/C13H10N2O/c16-8-10-5-7-15-13-11(10)4-3-9-2-1-6-14-12(9)13/h1-7,16H,8H2. The van der Waals surface area contributed by atoms with Crippen LogP contribution in [0, 0.1) is 0 Å². The van der Waals surface area contributed by atoms with Crippen molar-refractivity contribution in [2.24, 2.45) is 0 Å². The maximum atomic E-state index is 9.26. The normalized spacial score (nSPS) is 11.1. The highest BCUT2D eigenvalue weighted by molar-refractivity contribution is 6.03. The van der Waals surface area contributed by atoms with E-state index >= 15 is 0 Å². The number of hydrogen-bond donors (Lipinski definition) is 1. The first kappa shape index (κ1) is 9.24. The van der Waals surface area contributed by atoms with Gasteiger partial charge in [-0.2, -0.15) is 0 Å². The quantitative estimate of drug-likeness (QED) is 0.627. The van der Waals surface area contributed by atoms with Crippen molar-refractivity contribution < 1.29 is 5.11 Å². The molecule has 78 valence electrons. The van der Waals surface area contributed by atoms with Crippen molar-refractivity contribution in [1.29, 1.82) is 0 Å². The van der Waals surface area contributed by atoms with Crippen LogP contribution in [-0.4, -0.2) is 15.1 Å². The first-order valence-corrected chi connectivity index (χ1v) is 5.12. The molecule has 0 aliphatic carbocycles. The van der Waals surface area contributed by atoms with Gasteiger partial charge in [-0.05, 0) is 17.7 Å². The molecule has 2 aromatic heterocycles. The highest BCUT2D eigenvalue weighted by Crippen LogP contribution is 2.23. The third-order valence-electron chi connectivity index (χ3n) is 2.74. The first-order valence-electron chi connectivity index (χ1n) is 5.12. The third-order valence-corrected chi connectivity index (χ3v) is 2.74. The number of hydrogen-bond acceptors (Lipinski definition) is 3. The van der Waals surface area contributed by atoms with Gasteiger partial charge in [0.05, 0.1) is 17.6 Å². The van der Waals surface area contributed by atoms with Crippen molar-refractivity contribution in [2.45, 2.75) is 6.61 Å². The lowest BCUT2D eigenvalue weighted by Gasteiger charge is -2.05. The molecule has 0 amide bonds. The molecule has 1 N–H and O–H groups in total. The van der Waals surface area contributed by atoms with Crippen LogP contribution in [0.2, 0.25) is 0 Å². The molecule has 0 aliphatic heterocycles. The maximum absolute atomic E-state index is 9.26. The lowest BCUT2D eigenvalue weighted by molar-refractivity contribution is 0.283. The van der Waals surface area contributed by atoms with E-state index in [4.69, 9.17) is 0 Å². The average Bonchev–Trinajstić information content (AvgIpc) is 2.37. The predicted molar refractivity (Wildman–Crippen MR) is 63.0 cm³/mol. The fourth-order valence-electron chi connectivity index (χ4n) is 1.95. The Morgan fingerprint density at radius 2 is 1.81 bits per heavy atom. The minimum Gasteiger partial charge on any atom is -0.392 e. The number of nitrogens with zero attached hydrogens (tertiary/aromatic N) is 2. The van der Waals surface area contributed by atoms with Gasteiger partial charge in [0, 0.05) is 23.2 Å². The van der Waals surface area contributed by atoms with Gasteiger partial charge in [-0.1, -0.05) is 18.2 Å². The smallest absolute Gasteiger partial charge is 0.0968 e. The number of aliphatic hydroxyl groups excluding tert-OH is 1. The van der Waals surface area contributed by atoms with Crippen LogP contribution in [0.1, 0.15) is 5.56 Å². The summed E-state index contributed by atoms with van der Waals surface area (Å²) in [7, 11) is 0. The Balaban J connectivity index is 2.52. The van der Waals surface area contributed by atoms with Gasteiger partial charge in [-0.3, -0.25) is 9.97 Å². The molecule has 3 rings (SSSR count). The fourth-order valence-corrected chi connectivity index (χ4v) is 1.95. The van der Waals surface area contributed by atoms with E-state index in [1.165, 1.54) is 0 Å². The highest BCUT2D eigenvalue weighted by Gasteiger charge is 2.05. The topological polar surface area (TPSA) is 46.0 Å². The Morgan fingerprint density at radius 3 is 2.69 bits per heavy atom. The zero-order valence-electron chi connectivity index (χ0n) is 8.59. The van der Waals surface area contributed by atoms with Crippen LogP contribution in [0.25, 0.3) is 21.8 Å². The lowest BCUT2D eigenvalue weighted by Crippen LogP contribution is -1.90. The maximum Gasteiger partial charge on any atom is 0.0968 e. The number of rotatable bonds is 1. The zero-order chi connectivity index (χ0) is 11.0. The predicted octanol–water partition coefficient (Wildman–Crippen LogP) is 2.28. The van der Waals surface area contributed by atoms with Gasteiger partial charge in [0.2, 0.25) is 0 Å². The third kappa shape index (κ3) is 1.26. The van der Waals surface area contributed by atoms with Gasteiger partial charge < -0.3 is 5.11 Å². The van der Waals surface area contributed by atoms with Crippen molar-refractivity contribution in [3.8, 4) is 0 Å². The van der Waals surface area contributed by atoms with Crippen LogP contribution in [-0.2, 0) is 6.61 Å². The molecule has 0 aliphatic rings. The fraction of sp³-hybridized carbons (Fsp3) is 0.0769. The molecule has 3 heteroatoms. The molecule has 0 saturated carbocycles. The van der Waals surface area contributed by atoms with Crippen molar-refractivity contribution in [2.75, 3.05) is 0 Å². The summed E-state index contributed by atoms with van der Waals surface area (Å²) in [6.07, 6.45) is 3.47. The van der Waals surface area contributed by atoms with Gasteiger partial charge in [0.25, 0.3) is 0 Å². The van der Waals surface area contributed by atoms with E-state index in [1.807, 2.05) is 30.3 Å². The van der Waals surface area contributed by atoms with Gasteiger partial charge in [-0.15, -0.1) is 0 Å². The summed E-state index contributed by atoms with van der Waals surface area (Å²) >= 11 is 0. The molecule has 1 aromatic carbocycles. The largest absolute Gasteiger partial charge is 0.392 e. The molecule has 0 saturated heterocycles. The van der Waals surface area contributed by atoms with Gasteiger partial charge in [0.1, 0.15) is 0 Å². The Morgan fingerprint density at radius 1 is 0.938 bits per heavy atom.